The number of Topliss-reactive ketones (excluding diaryl/α,β-unsaturated/α-hetero) is 1. The van der Waals surface area contributed by atoms with E-state index in [1.54, 1.807) is 39.0 Å². The molecule has 2 rings (SSSR count). The zero-order valence-electron chi connectivity index (χ0n) is 16.4. The van der Waals surface area contributed by atoms with Gasteiger partial charge >= 0.3 is 5.97 Å². The van der Waals surface area contributed by atoms with E-state index in [2.05, 4.69) is 5.32 Å². The van der Waals surface area contributed by atoms with Crippen LogP contribution in [-0.4, -0.2) is 29.8 Å². The molecule has 0 saturated heterocycles. The average Bonchev–Trinajstić information content (AvgIpc) is 2.65. The van der Waals surface area contributed by atoms with E-state index < -0.39 is 29.7 Å². The molecule has 6 heteroatoms. The van der Waals surface area contributed by atoms with Crippen molar-refractivity contribution < 1.29 is 23.5 Å². The predicted molar refractivity (Wildman–Crippen MR) is 104 cm³/mol. The van der Waals surface area contributed by atoms with Gasteiger partial charge in [-0.15, -0.1) is 0 Å². The van der Waals surface area contributed by atoms with Gasteiger partial charge in [-0.05, 0) is 55.7 Å². The molecule has 0 spiro atoms. The molecule has 0 aliphatic heterocycles. The molecule has 2 aromatic carbocycles. The number of ketones is 1. The van der Waals surface area contributed by atoms with Gasteiger partial charge in [0, 0.05) is 11.1 Å². The van der Waals surface area contributed by atoms with Gasteiger partial charge < -0.3 is 10.1 Å². The van der Waals surface area contributed by atoms with Crippen LogP contribution in [-0.2, 0) is 9.53 Å². The van der Waals surface area contributed by atoms with Gasteiger partial charge in [0.05, 0.1) is 0 Å². The van der Waals surface area contributed by atoms with Gasteiger partial charge in [-0.25, -0.2) is 9.18 Å². The summed E-state index contributed by atoms with van der Waals surface area (Å²) in [5, 5.41) is 2.69. The van der Waals surface area contributed by atoms with Gasteiger partial charge in [-0.2, -0.15) is 0 Å². The van der Waals surface area contributed by atoms with Crippen molar-refractivity contribution in [2.45, 2.75) is 39.8 Å². The fraction of sp³-hybridized carbons (Fsp3) is 0.318. The molecule has 0 aromatic heterocycles. The molecule has 28 heavy (non-hydrogen) atoms. The van der Waals surface area contributed by atoms with Crippen LogP contribution in [0.2, 0.25) is 0 Å². The van der Waals surface area contributed by atoms with E-state index in [4.69, 9.17) is 4.74 Å². The quantitative estimate of drug-likeness (QED) is 0.583. The van der Waals surface area contributed by atoms with E-state index >= 15 is 0 Å². The third kappa shape index (κ3) is 5.25. The summed E-state index contributed by atoms with van der Waals surface area (Å²) in [6, 6.07) is 11.1. The van der Waals surface area contributed by atoms with Crippen molar-refractivity contribution in [3.8, 4) is 0 Å². The van der Waals surface area contributed by atoms with Crippen molar-refractivity contribution in [1.29, 1.82) is 0 Å². The lowest BCUT2D eigenvalue weighted by Gasteiger charge is -2.23. The van der Waals surface area contributed by atoms with E-state index in [-0.39, 0.29) is 17.4 Å². The van der Waals surface area contributed by atoms with Crippen LogP contribution in [0, 0.1) is 18.7 Å². The van der Waals surface area contributed by atoms with E-state index in [1.165, 1.54) is 31.2 Å². The Kier molecular flexibility index (Phi) is 7.04. The number of halogens is 1. The van der Waals surface area contributed by atoms with E-state index in [0.29, 0.717) is 5.56 Å². The van der Waals surface area contributed by atoms with Crippen molar-refractivity contribution in [2.24, 2.45) is 5.92 Å². The Balaban J connectivity index is 2.08. The van der Waals surface area contributed by atoms with Crippen LogP contribution in [0.15, 0.2) is 48.5 Å². The summed E-state index contributed by atoms with van der Waals surface area (Å²) in [5.41, 5.74) is 1.50. The van der Waals surface area contributed by atoms with Crippen molar-refractivity contribution in [3.63, 3.8) is 0 Å². The number of hydrogen-bond acceptors (Lipinski definition) is 4. The Labute approximate surface area is 163 Å². The minimum absolute atomic E-state index is 0.242. The molecule has 0 bridgehead atoms. The largest absolute Gasteiger partial charge is 0.453 e. The SMILES string of the molecule is Cc1ccccc1C(=O)N[C@H](C(=O)O[C@@H](C)C(=O)c1ccc(F)cc1)C(C)C. The molecule has 2 atom stereocenters. The maximum Gasteiger partial charge on any atom is 0.329 e. The molecule has 0 heterocycles. The van der Waals surface area contributed by atoms with Gasteiger partial charge in [-0.1, -0.05) is 32.0 Å². The van der Waals surface area contributed by atoms with Crippen LogP contribution in [0.25, 0.3) is 0 Å². The highest BCUT2D eigenvalue weighted by molar-refractivity contribution is 6.01. The summed E-state index contributed by atoms with van der Waals surface area (Å²) in [6.07, 6.45) is -1.06. The van der Waals surface area contributed by atoms with Crippen LogP contribution in [0.4, 0.5) is 4.39 Å². The number of amides is 1. The Morgan fingerprint density at radius 1 is 0.964 bits per heavy atom. The molecule has 0 aliphatic rings. The molecule has 148 valence electrons. The molecule has 0 saturated carbocycles. The number of carbonyl (C=O) groups excluding carboxylic acids is 3. The Morgan fingerprint density at radius 3 is 2.14 bits per heavy atom. The van der Waals surface area contributed by atoms with E-state index in [0.717, 1.165) is 5.56 Å². The first-order valence-corrected chi connectivity index (χ1v) is 9.07. The molecule has 0 fully saturated rings. The fourth-order valence-corrected chi connectivity index (χ4v) is 2.69. The number of benzene rings is 2. The first-order chi connectivity index (χ1) is 13.2. The second kappa shape index (κ2) is 9.26. The Morgan fingerprint density at radius 2 is 1.57 bits per heavy atom. The van der Waals surface area contributed by atoms with Crippen LogP contribution >= 0.6 is 0 Å². The summed E-state index contributed by atoms with van der Waals surface area (Å²) in [6.45, 7) is 6.80. The van der Waals surface area contributed by atoms with Crippen molar-refractivity contribution >= 4 is 17.7 Å². The molecular formula is C22H24FNO4. The topological polar surface area (TPSA) is 72.5 Å². The molecule has 1 amide bonds. The number of aryl methyl sites for hydroxylation is 1. The summed E-state index contributed by atoms with van der Waals surface area (Å²) >= 11 is 0. The lowest BCUT2D eigenvalue weighted by molar-refractivity contribution is -0.149. The predicted octanol–water partition coefficient (Wildman–Crippen LogP) is 3.70. The van der Waals surface area contributed by atoms with Crippen molar-refractivity contribution in [1.82, 2.24) is 5.32 Å². The van der Waals surface area contributed by atoms with Gasteiger partial charge in [0.25, 0.3) is 5.91 Å². The minimum atomic E-state index is -1.06. The van der Waals surface area contributed by atoms with Crippen LogP contribution in [0.1, 0.15) is 47.1 Å². The fourth-order valence-electron chi connectivity index (χ4n) is 2.69. The molecular weight excluding hydrogens is 361 g/mol. The van der Waals surface area contributed by atoms with Crippen LogP contribution in [0.5, 0.6) is 0 Å². The number of carbonyl (C=O) groups is 3. The Hall–Kier alpha value is -3.02. The van der Waals surface area contributed by atoms with E-state index in [1.807, 2.05) is 6.07 Å². The molecule has 0 aliphatic carbocycles. The minimum Gasteiger partial charge on any atom is -0.453 e. The highest BCUT2D eigenvalue weighted by Crippen LogP contribution is 2.13. The van der Waals surface area contributed by atoms with Gasteiger partial charge in [-0.3, -0.25) is 9.59 Å². The lowest BCUT2D eigenvalue weighted by Crippen LogP contribution is -2.46. The van der Waals surface area contributed by atoms with Crippen LogP contribution < -0.4 is 5.32 Å². The highest BCUT2D eigenvalue weighted by atomic mass is 19.1. The summed E-state index contributed by atoms with van der Waals surface area (Å²) in [4.78, 5) is 37.5. The monoisotopic (exact) mass is 385 g/mol. The first-order valence-electron chi connectivity index (χ1n) is 9.07. The molecule has 0 radical (unpaired) electrons. The zero-order chi connectivity index (χ0) is 20.8. The highest BCUT2D eigenvalue weighted by Gasteiger charge is 2.29. The summed E-state index contributed by atoms with van der Waals surface area (Å²) in [5.74, 6) is -2.22. The number of rotatable bonds is 7. The smallest absolute Gasteiger partial charge is 0.329 e. The van der Waals surface area contributed by atoms with Crippen molar-refractivity contribution in [2.75, 3.05) is 0 Å². The Bertz CT molecular complexity index is 861. The van der Waals surface area contributed by atoms with Gasteiger partial charge in [0.15, 0.2) is 6.10 Å². The van der Waals surface area contributed by atoms with Gasteiger partial charge in [0.2, 0.25) is 5.78 Å². The summed E-state index contributed by atoms with van der Waals surface area (Å²) < 4.78 is 18.3. The average molecular weight is 385 g/mol. The third-order valence-corrected chi connectivity index (χ3v) is 4.39. The molecule has 1 N–H and O–H groups in total. The molecule has 2 aromatic rings. The number of ether oxygens (including phenoxy) is 1. The van der Waals surface area contributed by atoms with E-state index in [9.17, 15) is 18.8 Å². The lowest BCUT2D eigenvalue weighted by atomic mass is 10.0. The normalized spacial score (nSPS) is 12.9. The van der Waals surface area contributed by atoms with Crippen LogP contribution in [0.3, 0.4) is 0 Å². The summed E-state index contributed by atoms with van der Waals surface area (Å²) in [7, 11) is 0. The zero-order valence-corrected chi connectivity index (χ0v) is 16.4. The van der Waals surface area contributed by atoms with Crippen molar-refractivity contribution in [3.05, 3.63) is 71.0 Å². The first kappa shape index (κ1) is 21.3. The molecule has 5 nitrogen and oxygen atoms in total. The number of nitrogens with one attached hydrogen (secondary N) is 1. The maximum atomic E-state index is 13.0. The maximum absolute atomic E-state index is 13.0. The van der Waals surface area contributed by atoms with Gasteiger partial charge in [0.1, 0.15) is 11.9 Å². The standard InChI is InChI=1S/C22H24FNO4/c1-13(2)19(24-21(26)18-8-6-5-7-14(18)3)22(27)28-15(4)20(25)16-9-11-17(23)12-10-16/h5-13,15,19H,1-4H3,(H,24,26)/t15-,19-/m0/s1. The second-order valence-corrected chi connectivity index (χ2v) is 6.96. The second-order valence-electron chi connectivity index (χ2n) is 6.96. The molecule has 0 unspecified atom stereocenters. The number of esters is 1. The third-order valence-electron chi connectivity index (χ3n) is 4.39. The number of hydrogen-bond donors (Lipinski definition) is 1.